The summed E-state index contributed by atoms with van der Waals surface area (Å²) in [7, 11) is 0. The molecule has 2 aromatic carbocycles. The molecule has 0 aromatic heterocycles. The van der Waals surface area contributed by atoms with E-state index >= 15 is 0 Å². The lowest BCUT2D eigenvalue weighted by atomic mass is 9.87. The van der Waals surface area contributed by atoms with Crippen LogP contribution in [0.5, 0.6) is 5.75 Å². The second-order valence-electron chi connectivity index (χ2n) is 6.25. The zero-order chi connectivity index (χ0) is 18.9. The number of benzene rings is 2. The van der Waals surface area contributed by atoms with E-state index in [9.17, 15) is 22.0 Å². The van der Waals surface area contributed by atoms with Crippen molar-refractivity contribution in [3.63, 3.8) is 0 Å². The van der Waals surface area contributed by atoms with Crippen LogP contribution < -0.4 is 4.74 Å². The van der Waals surface area contributed by atoms with Gasteiger partial charge in [-0.2, -0.15) is 0 Å². The average molecular weight is 368 g/mol. The van der Waals surface area contributed by atoms with Gasteiger partial charge in [-0.3, -0.25) is 0 Å². The highest BCUT2D eigenvalue weighted by Crippen LogP contribution is 2.34. The Bertz CT molecular complexity index is 852. The first kappa shape index (κ1) is 18.4. The van der Waals surface area contributed by atoms with Gasteiger partial charge in [0, 0.05) is 5.56 Å². The quantitative estimate of drug-likeness (QED) is 0.451. The predicted molar refractivity (Wildman–Crippen MR) is 88.9 cm³/mol. The number of fused-ring (bicyclic) bond motifs is 1. The molecule has 6 heteroatoms. The minimum Gasteiger partial charge on any atom is -0.403 e. The normalized spacial score (nSPS) is 14.0. The summed E-state index contributed by atoms with van der Waals surface area (Å²) in [6, 6.07) is 6.27. The van der Waals surface area contributed by atoms with Gasteiger partial charge in [0.1, 0.15) is 5.82 Å². The van der Waals surface area contributed by atoms with Gasteiger partial charge in [-0.1, -0.05) is 43.2 Å². The van der Waals surface area contributed by atoms with Crippen molar-refractivity contribution in [2.75, 3.05) is 0 Å². The Labute approximate surface area is 148 Å². The molecule has 0 saturated heterocycles. The number of ether oxygens (including phenoxy) is 1. The summed E-state index contributed by atoms with van der Waals surface area (Å²) in [4.78, 5) is 0. The van der Waals surface area contributed by atoms with E-state index in [1.54, 1.807) is 12.1 Å². The fraction of sp³-hybridized carbons (Fsp3) is 0.300. The van der Waals surface area contributed by atoms with Crippen molar-refractivity contribution in [1.29, 1.82) is 0 Å². The predicted octanol–water partition coefficient (Wildman–Crippen LogP) is 6.36. The van der Waals surface area contributed by atoms with Crippen LogP contribution in [0.25, 0.3) is 11.1 Å². The van der Waals surface area contributed by atoms with Crippen molar-refractivity contribution in [1.82, 2.24) is 0 Å². The van der Waals surface area contributed by atoms with E-state index in [1.807, 2.05) is 6.08 Å². The minimum absolute atomic E-state index is 0.161. The summed E-state index contributed by atoms with van der Waals surface area (Å²) in [5.41, 5.74) is 3.05. The third-order valence-electron chi connectivity index (χ3n) is 4.39. The third kappa shape index (κ3) is 3.89. The lowest BCUT2D eigenvalue weighted by Gasteiger charge is -2.19. The third-order valence-corrected chi connectivity index (χ3v) is 4.39. The summed E-state index contributed by atoms with van der Waals surface area (Å²) < 4.78 is 69.1. The van der Waals surface area contributed by atoms with Gasteiger partial charge < -0.3 is 4.74 Å². The molecule has 1 aliphatic rings. The van der Waals surface area contributed by atoms with Crippen LogP contribution >= 0.6 is 0 Å². The van der Waals surface area contributed by atoms with E-state index in [-0.39, 0.29) is 11.1 Å². The second kappa shape index (κ2) is 7.09. The molecule has 1 nitrogen and oxygen atoms in total. The Kier molecular flexibility index (Phi) is 5.03. The smallest absolute Gasteiger partial charge is 0.403 e. The summed E-state index contributed by atoms with van der Waals surface area (Å²) in [6.45, 7) is 2.08. The first-order chi connectivity index (χ1) is 12.3. The van der Waals surface area contributed by atoms with Crippen molar-refractivity contribution >= 4 is 0 Å². The van der Waals surface area contributed by atoms with Crippen LogP contribution in [0.2, 0.25) is 0 Å². The number of hydrogen-bond donors (Lipinski definition) is 0. The first-order valence-corrected chi connectivity index (χ1v) is 8.32. The van der Waals surface area contributed by atoms with Crippen LogP contribution in [-0.2, 0) is 12.8 Å². The zero-order valence-electron chi connectivity index (χ0n) is 14.1. The number of allylic oxidation sites excluding steroid dienone is 2. The van der Waals surface area contributed by atoms with Gasteiger partial charge >= 0.3 is 6.36 Å². The monoisotopic (exact) mass is 368 g/mol. The van der Waals surface area contributed by atoms with E-state index < -0.39 is 23.7 Å². The molecule has 0 spiro atoms. The van der Waals surface area contributed by atoms with Gasteiger partial charge in [0.2, 0.25) is 0 Å². The molecule has 0 saturated carbocycles. The van der Waals surface area contributed by atoms with Crippen molar-refractivity contribution < 1.29 is 26.7 Å². The molecule has 0 radical (unpaired) electrons. The minimum atomic E-state index is -4.98. The summed E-state index contributed by atoms with van der Waals surface area (Å²) in [5, 5.41) is 0. The Morgan fingerprint density at radius 2 is 1.85 bits per heavy atom. The summed E-state index contributed by atoms with van der Waals surface area (Å²) >= 11 is 0. The Morgan fingerprint density at radius 3 is 2.50 bits per heavy atom. The van der Waals surface area contributed by atoms with Crippen LogP contribution in [0, 0.1) is 11.6 Å². The van der Waals surface area contributed by atoms with Crippen LogP contribution in [0.15, 0.2) is 42.0 Å². The molecule has 0 unspecified atom stereocenters. The summed E-state index contributed by atoms with van der Waals surface area (Å²) in [5.74, 6) is -2.59. The molecular formula is C20H17F5O. The summed E-state index contributed by atoms with van der Waals surface area (Å²) in [6.07, 6.45) is 0.165. The lowest BCUT2D eigenvalue weighted by molar-refractivity contribution is -0.275. The Hall–Kier alpha value is -2.37. The van der Waals surface area contributed by atoms with E-state index in [1.165, 1.54) is 11.6 Å². The van der Waals surface area contributed by atoms with E-state index in [4.69, 9.17) is 0 Å². The highest BCUT2D eigenvalue weighted by Gasteiger charge is 2.32. The topological polar surface area (TPSA) is 9.23 Å². The van der Waals surface area contributed by atoms with Crippen molar-refractivity contribution in [3.8, 4) is 16.9 Å². The molecule has 0 aliphatic heterocycles. The maximum absolute atomic E-state index is 14.9. The van der Waals surface area contributed by atoms with E-state index in [2.05, 4.69) is 11.7 Å². The maximum atomic E-state index is 14.9. The standard InChI is InChI=1S/C20H17F5O/c1-2-3-12-4-7-15-13(10-12)5-8-16(19(15)22)14-6-9-18(17(21)11-14)26-20(23,24)25/h4-6,8-9,11H,2-3,7,10H2,1H3. The largest absolute Gasteiger partial charge is 0.573 e. The molecule has 3 rings (SSSR count). The van der Waals surface area contributed by atoms with Crippen LogP contribution in [0.1, 0.15) is 30.9 Å². The molecule has 0 fully saturated rings. The average Bonchev–Trinajstić information content (AvgIpc) is 2.56. The van der Waals surface area contributed by atoms with Gasteiger partial charge in [-0.05, 0) is 48.1 Å². The number of alkyl halides is 3. The molecular weight excluding hydrogens is 351 g/mol. The molecule has 26 heavy (non-hydrogen) atoms. The maximum Gasteiger partial charge on any atom is 0.573 e. The van der Waals surface area contributed by atoms with Crippen molar-refractivity contribution in [3.05, 3.63) is 64.7 Å². The molecule has 2 aromatic rings. The fourth-order valence-corrected chi connectivity index (χ4v) is 3.22. The van der Waals surface area contributed by atoms with E-state index in [0.717, 1.165) is 30.5 Å². The van der Waals surface area contributed by atoms with Gasteiger partial charge in [-0.25, -0.2) is 8.78 Å². The number of hydrogen-bond acceptors (Lipinski definition) is 1. The lowest BCUT2D eigenvalue weighted by Crippen LogP contribution is -2.17. The van der Waals surface area contributed by atoms with Crippen LogP contribution in [0.3, 0.4) is 0 Å². The second-order valence-corrected chi connectivity index (χ2v) is 6.25. The van der Waals surface area contributed by atoms with Gasteiger partial charge in [0.25, 0.3) is 0 Å². The van der Waals surface area contributed by atoms with Crippen molar-refractivity contribution in [2.24, 2.45) is 0 Å². The Balaban J connectivity index is 1.92. The molecule has 0 N–H and O–H groups in total. The molecule has 0 amide bonds. The van der Waals surface area contributed by atoms with Crippen molar-refractivity contribution in [2.45, 2.75) is 39.0 Å². The molecule has 0 heterocycles. The fourth-order valence-electron chi connectivity index (χ4n) is 3.22. The Morgan fingerprint density at radius 1 is 1.08 bits per heavy atom. The first-order valence-electron chi connectivity index (χ1n) is 8.32. The molecule has 0 atom stereocenters. The van der Waals surface area contributed by atoms with Gasteiger partial charge in [-0.15, -0.1) is 13.2 Å². The zero-order valence-corrected chi connectivity index (χ0v) is 14.1. The number of rotatable bonds is 4. The van der Waals surface area contributed by atoms with Gasteiger partial charge in [0.05, 0.1) is 0 Å². The SMILES string of the molecule is CCCC1=CCc2c(ccc(-c3ccc(OC(F)(F)F)c(F)c3)c2F)C1. The molecule has 138 valence electrons. The number of halogens is 5. The highest BCUT2D eigenvalue weighted by molar-refractivity contribution is 5.67. The van der Waals surface area contributed by atoms with Crippen LogP contribution in [-0.4, -0.2) is 6.36 Å². The van der Waals surface area contributed by atoms with Gasteiger partial charge in [0.15, 0.2) is 11.6 Å². The molecule has 1 aliphatic carbocycles. The van der Waals surface area contributed by atoms with E-state index in [0.29, 0.717) is 18.4 Å². The van der Waals surface area contributed by atoms with Crippen LogP contribution in [0.4, 0.5) is 22.0 Å². The molecule has 0 bridgehead atoms. The highest BCUT2D eigenvalue weighted by atomic mass is 19.4.